The van der Waals surface area contributed by atoms with E-state index in [0.29, 0.717) is 31.5 Å². The Morgan fingerprint density at radius 2 is 1.75 bits per heavy atom. The number of ether oxygens (including phenoxy) is 1. The van der Waals surface area contributed by atoms with E-state index in [4.69, 9.17) is 10.5 Å². The van der Waals surface area contributed by atoms with Crippen molar-refractivity contribution in [3.63, 3.8) is 0 Å². The van der Waals surface area contributed by atoms with Crippen LogP contribution in [-0.4, -0.2) is 53.2 Å². The fourth-order valence-electron chi connectivity index (χ4n) is 4.13. The van der Waals surface area contributed by atoms with Crippen molar-refractivity contribution in [1.82, 2.24) is 9.80 Å². The van der Waals surface area contributed by atoms with Crippen LogP contribution in [-0.2, 0) is 17.7 Å². The molecule has 5 nitrogen and oxygen atoms in total. The lowest BCUT2D eigenvalue weighted by Crippen LogP contribution is -2.57. The van der Waals surface area contributed by atoms with Gasteiger partial charge in [-0.3, -0.25) is 4.90 Å². The first-order valence-electron chi connectivity index (χ1n) is 11.1. The van der Waals surface area contributed by atoms with Gasteiger partial charge in [0.15, 0.2) is 0 Å². The molecule has 1 heterocycles. The number of hydrogen-bond acceptors (Lipinski definition) is 4. The number of carbonyl (C=O) groups excluding carboxylic acids is 1. The zero-order valence-electron chi connectivity index (χ0n) is 19.1. The second-order valence-corrected chi connectivity index (χ2v) is 9.53. The minimum Gasteiger partial charge on any atom is -0.444 e. The molecule has 0 radical (unpaired) electrons. The highest BCUT2D eigenvalue weighted by molar-refractivity contribution is 5.68. The van der Waals surface area contributed by atoms with Crippen LogP contribution in [0.4, 0.5) is 13.6 Å². The normalized spacial score (nSPS) is 18.4. The van der Waals surface area contributed by atoms with Crippen LogP contribution >= 0.6 is 0 Å². The first-order chi connectivity index (χ1) is 15.1. The zero-order chi connectivity index (χ0) is 23.3. The van der Waals surface area contributed by atoms with Gasteiger partial charge in [-0.25, -0.2) is 13.6 Å². The molecule has 1 saturated heterocycles. The molecule has 0 aliphatic carbocycles. The third-order valence-corrected chi connectivity index (χ3v) is 5.44. The maximum atomic E-state index is 13.6. The molecular weight excluding hydrogens is 412 g/mol. The monoisotopic (exact) mass is 445 g/mol. The summed E-state index contributed by atoms with van der Waals surface area (Å²) in [6.45, 7) is 8.23. The van der Waals surface area contributed by atoms with E-state index >= 15 is 0 Å². The average Bonchev–Trinajstić information content (AvgIpc) is 2.66. The molecule has 7 heteroatoms. The van der Waals surface area contributed by atoms with Gasteiger partial charge in [0.2, 0.25) is 0 Å². The molecule has 0 saturated carbocycles. The second kappa shape index (κ2) is 10.4. The SMILES string of the molecule is CC(C)(C)OC(=O)N1CCN(Cc2ccccc2)C[C@@H]1CC(N)Cc1cc(F)cc(F)c1. The predicted octanol–water partition coefficient (Wildman–Crippen LogP) is 4.35. The Bertz CT molecular complexity index is 882. The highest BCUT2D eigenvalue weighted by Crippen LogP contribution is 2.21. The molecule has 0 aromatic heterocycles. The molecule has 174 valence electrons. The molecule has 1 aliphatic heterocycles. The molecule has 0 bridgehead atoms. The van der Waals surface area contributed by atoms with Gasteiger partial charge >= 0.3 is 6.09 Å². The van der Waals surface area contributed by atoms with Crippen LogP contribution in [0, 0.1) is 11.6 Å². The van der Waals surface area contributed by atoms with E-state index in [0.717, 1.165) is 19.2 Å². The van der Waals surface area contributed by atoms with E-state index in [1.807, 2.05) is 39.0 Å². The lowest BCUT2D eigenvalue weighted by Gasteiger charge is -2.42. The van der Waals surface area contributed by atoms with E-state index in [-0.39, 0.29) is 18.2 Å². The van der Waals surface area contributed by atoms with Crippen molar-refractivity contribution in [2.45, 2.75) is 57.8 Å². The van der Waals surface area contributed by atoms with Gasteiger partial charge in [0.1, 0.15) is 17.2 Å². The van der Waals surface area contributed by atoms with Crippen molar-refractivity contribution in [3.8, 4) is 0 Å². The summed E-state index contributed by atoms with van der Waals surface area (Å²) < 4.78 is 32.7. The number of hydrogen-bond donors (Lipinski definition) is 1. The largest absolute Gasteiger partial charge is 0.444 e. The van der Waals surface area contributed by atoms with Crippen molar-refractivity contribution in [2.75, 3.05) is 19.6 Å². The maximum Gasteiger partial charge on any atom is 0.410 e. The maximum absolute atomic E-state index is 13.6. The minimum absolute atomic E-state index is 0.157. The minimum atomic E-state index is -0.616. The molecule has 0 spiro atoms. The third kappa shape index (κ3) is 7.28. The summed E-state index contributed by atoms with van der Waals surface area (Å²) in [6.07, 6.45) is 0.472. The summed E-state index contributed by atoms with van der Waals surface area (Å²) in [5.41, 5.74) is 7.50. The van der Waals surface area contributed by atoms with Gasteiger partial charge in [0, 0.05) is 44.3 Å². The van der Waals surface area contributed by atoms with E-state index in [9.17, 15) is 13.6 Å². The summed E-state index contributed by atoms with van der Waals surface area (Å²) >= 11 is 0. The molecule has 2 aromatic rings. The van der Waals surface area contributed by atoms with Crippen molar-refractivity contribution in [3.05, 3.63) is 71.3 Å². The number of benzene rings is 2. The van der Waals surface area contributed by atoms with Crippen molar-refractivity contribution in [1.29, 1.82) is 0 Å². The highest BCUT2D eigenvalue weighted by Gasteiger charge is 2.34. The summed E-state index contributed by atoms with van der Waals surface area (Å²) in [5, 5.41) is 0. The standard InChI is InChI=1S/C25H33F2N3O2/c1-25(2,3)32-24(31)30-10-9-29(16-18-7-5-4-6-8-18)17-23(30)15-22(28)13-19-11-20(26)14-21(27)12-19/h4-8,11-12,14,22-23H,9-10,13,15-17,28H2,1-3H3/t22?,23-/m0/s1. The smallest absolute Gasteiger partial charge is 0.410 e. The van der Waals surface area contributed by atoms with Crippen molar-refractivity contribution < 1.29 is 18.3 Å². The molecule has 2 aromatic carbocycles. The first kappa shape index (κ1) is 24.1. The van der Waals surface area contributed by atoms with E-state index in [2.05, 4.69) is 17.0 Å². The Hall–Kier alpha value is -2.51. The van der Waals surface area contributed by atoms with Crippen molar-refractivity contribution >= 4 is 6.09 Å². The van der Waals surface area contributed by atoms with Crippen LogP contribution in [0.15, 0.2) is 48.5 Å². The number of amides is 1. The van der Waals surface area contributed by atoms with Gasteiger partial charge in [0.25, 0.3) is 0 Å². The zero-order valence-corrected chi connectivity index (χ0v) is 19.1. The first-order valence-corrected chi connectivity index (χ1v) is 11.1. The van der Waals surface area contributed by atoms with Gasteiger partial charge in [-0.15, -0.1) is 0 Å². The number of carbonyl (C=O) groups is 1. The van der Waals surface area contributed by atoms with Crippen LogP contribution in [0.1, 0.15) is 38.3 Å². The predicted molar refractivity (Wildman–Crippen MR) is 121 cm³/mol. The highest BCUT2D eigenvalue weighted by atomic mass is 19.1. The Kier molecular flexibility index (Phi) is 7.85. The fourth-order valence-corrected chi connectivity index (χ4v) is 4.13. The van der Waals surface area contributed by atoms with Crippen LogP contribution in [0.2, 0.25) is 0 Å². The summed E-state index contributed by atoms with van der Waals surface area (Å²) in [7, 11) is 0. The lowest BCUT2D eigenvalue weighted by atomic mass is 9.97. The Balaban J connectivity index is 1.70. The molecule has 1 amide bonds. The summed E-state index contributed by atoms with van der Waals surface area (Å²) in [4.78, 5) is 16.9. The van der Waals surface area contributed by atoms with Gasteiger partial charge < -0.3 is 15.4 Å². The molecule has 1 aliphatic rings. The van der Waals surface area contributed by atoms with E-state index in [1.54, 1.807) is 4.90 Å². The van der Waals surface area contributed by atoms with Crippen LogP contribution in [0.25, 0.3) is 0 Å². The quantitative estimate of drug-likeness (QED) is 0.718. The molecular formula is C25H33F2N3O2. The Morgan fingerprint density at radius 1 is 1.09 bits per heavy atom. The second-order valence-electron chi connectivity index (χ2n) is 9.53. The Morgan fingerprint density at radius 3 is 2.38 bits per heavy atom. The topological polar surface area (TPSA) is 58.8 Å². The number of piperazine rings is 1. The van der Waals surface area contributed by atoms with Crippen LogP contribution < -0.4 is 5.73 Å². The number of rotatable bonds is 6. The Labute approximate surface area is 189 Å². The average molecular weight is 446 g/mol. The number of halogens is 2. The molecule has 32 heavy (non-hydrogen) atoms. The van der Waals surface area contributed by atoms with Crippen molar-refractivity contribution in [2.24, 2.45) is 5.73 Å². The summed E-state index contributed by atoms with van der Waals surface area (Å²) in [6, 6.07) is 13.1. The van der Waals surface area contributed by atoms with Gasteiger partial charge in [-0.05, 0) is 56.9 Å². The number of nitrogens with zero attached hydrogens (tertiary/aromatic N) is 2. The molecule has 1 fully saturated rings. The third-order valence-electron chi connectivity index (χ3n) is 5.44. The lowest BCUT2D eigenvalue weighted by molar-refractivity contribution is -0.00473. The fraction of sp³-hybridized carbons (Fsp3) is 0.480. The van der Waals surface area contributed by atoms with Gasteiger partial charge in [-0.2, -0.15) is 0 Å². The summed E-state index contributed by atoms with van der Waals surface area (Å²) in [5.74, 6) is -1.23. The van der Waals surface area contributed by atoms with E-state index < -0.39 is 17.2 Å². The number of nitrogens with two attached hydrogens (primary N) is 1. The molecule has 3 rings (SSSR count). The van der Waals surface area contributed by atoms with Crippen LogP contribution in [0.5, 0.6) is 0 Å². The van der Waals surface area contributed by atoms with Gasteiger partial charge in [0.05, 0.1) is 0 Å². The molecule has 1 unspecified atom stereocenters. The molecule has 2 atom stereocenters. The van der Waals surface area contributed by atoms with Crippen LogP contribution in [0.3, 0.4) is 0 Å². The molecule has 2 N–H and O–H groups in total. The van der Waals surface area contributed by atoms with Gasteiger partial charge in [-0.1, -0.05) is 30.3 Å². The van der Waals surface area contributed by atoms with E-state index in [1.165, 1.54) is 17.7 Å².